The standard InChI is InChI=1S/C21H24N4O4/c1-21(2,3)29-20(26)25(12-14-8-9-15(27-4)11-17(14)28-5)19-18-16(23-13-24-19)7-6-10-22-18/h6-11,13H,12H2,1-5H3. The first-order chi connectivity index (χ1) is 13.8. The molecule has 2 heterocycles. The Hall–Kier alpha value is -3.42. The Balaban J connectivity index is 2.08. The Morgan fingerprint density at radius 2 is 1.86 bits per heavy atom. The predicted molar refractivity (Wildman–Crippen MR) is 109 cm³/mol. The number of amides is 1. The van der Waals surface area contributed by atoms with Crippen LogP contribution in [-0.4, -0.2) is 40.9 Å². The molecule has 29 heavy (non-hydrogen) atoms. The van der Waals surface area contributed by atoms with E-state index in [2.05, 4.69) is 15.0 Å². The molecule has 0 saturated carbocycles. The minimum atomic E-state index is -0.671. The highest BCUT2D eigenvalue weighted by Crippen LogP contribution is 2.29. The number of pyridine rings is 1. The Morgan fingerprint density at radius 3 is 2.55 bits per heavy atom. The molecule has 0 atom stereocenters. The highest BCUT2D eigenvalue weighted by Gasteiger charge is 2.27. The number of aromatic nitrogens is 3. The average molecular weight is 396 g/mol. The third kappa shape index (κ3) is 4.71. The fourth-order valence-electron chi connectivity index (χ4n) is 2.77. The van der Waals surface area contributed by atoms with Gasteiger partial charge in [0.15, 0.2) is 5.82 Å². The van der Waals surface area contributed by atoms with Crippen molar-refractivity contribution in [3.63, 3.8) is 0 Å². The van der Waals surface area contributed by atoms with Crippen LogP contribution in [0.3, 0.4) is 0 Å². The molecular weight excluding hydrogens is 372 g/mol. The Kier molecular flexibility index (Phi) is 5.81. The monoisotopic (exact) mass is 396 g/mol. The number of benzene rings is 1. The van der Waals surface area contributed by atoms with Gasteiger partial charge in [-0.2, -0.15) is 0 Å². The number of hydrogen-bond donors (Lipinski definition) is 0. The molecule has 0 aliphatic heterocycles. The molecule has 0 aliphatic rings. The molecule has 0 unspecified atom stereocenters. The largest absolute Gasteiger partial charge is 0.497 e. The van der Waals surface area contributed by atoms with Crippen molar-refractivity contribution in [1.82, 2.24) is 15.0 Å². The number of nitrogens with zero attached hydrogens (tertiary/aromatic N) is 4. The fraction of sp³-hybridized carbons (Fsp3) is 0.333. The zero-order valence-electron chi connectivity index (χ0n) is 17.2. The molecular formula is C21H24N4O4. The number of methoxy groups -OCH3 is 2. The maximum Gasteiger partial charge on any atom is 0.416 e. The smallest absolute Gasteiger partial charge is 0.416 e. The van der Waals surface area contributed by atoms with Gasteiger partial charge in [0.25, 0.3) is 0 Å². The number of carbonyl (C=O) groups excluding carboxylic acids is 1. The number of anilines is 1. The lowest BCUT2D eigenvalue weighted by Crippen LogP contribution is -2.37. The lowest BCUT2D eigenvalue weighted by molar-refractivity contribution is 0.0576. The molecule has 0 bridgehead atoms. The van der Waals surface area contributed by atoms with Crippen molar-refractivity contribution >= 4 is 22.9 Å². The van der Waals surface area contributed by atoms with E-state index in [1.165, 1.54) is 11.2 Å². The molecule has 3 aromatic rings. The second-order valence-corrected chi connectivity index (χ2v) is 7.31. The van der Waals surface area contributed by atoms with E-state index in [0.717, 1.165) is 5.56 Å². The molecule has 3 rings (SSSR count). The number of carbonyl (C=O) groups is 1. The predicted octanol–water partition coefficient (Wildman–Crippen LogP) is 3.98. The first kappa shape index (κ1) is 20.3. The van der Waals surface area contributed by atoms with Crippen LogP contribution in [0.5, 0.6) is 11.5 Å². The van der Waals surface area contributed by atoms with E-state index in [9.17, 15) is 4.79 Å². The third-order valence-electron chi connectivity index (χ3n) is 4.07. The Morgan fingerprint density at radius 1 is 1.07 bits per heavy atom. The molecule has 0 spiro atoms. The van der Waals surface area contributed by atoms with Crippen molar-refractivity contribution in [3.8, 4) is 11.5 Å². The van der Waals surface area contributed by atoms with Gasteiger partial charge in [-0.15, -0.1) is 0 Å². The molecule has 8 heteroatoms. The van der Waals surface area contributed by atoms with Gasteiger partial charge < -0.3 is 14.2 Å². The summed E-state index contributed by atoms with van der Waals surface area (Å²) in [5.41, 5.74) is 1.23. The SMILES string of the molecule is COc1ccc(CN(C(=O)OC(C)(C)C)c2ncnc3cccnc23)c(OC)c1. The van der Waals surface area contributed by atoms with E-state index >= 15 is 0 Å². The normalized spacial score (nSPS) is 11.2. The van der Waals surface area contributed by atoms with Crippen molar-refractivity contribution in [2.45, 2.75) is 32.9 Å². The van der Waals surface area contributed by atoms with Crippen LogP contribution in [0.15, 0.2) is 42.9 Å². The van der Waals surface area contributed by atoms with Crippen LogP contribution in [0.25, 0.3) is 11.0 Å². The van der Waals surface area contributed by atoms with Crippen LogP contribution in [0.4, 0.5) is 10.6 Å². The van der Waals surface area contributed by atoms with E-state index in [-0.39, 0.29) is 6.54 Å². The molecule has 0 aliphatic carbocycles. The van der Waals surface area contributed by atoms with Crippen molar-refractivity contribution in [3.05, 3.63) is 48.4 Å². The number of hydrogen-bond acceptors (Lipinski definition) is 7. The lowest BCUT2D eigenvalue weighted by atomic mass is 10.1. The van der Waals surface area contributed by atoms with Crippen LogP contribution in [-0.2, 0) is 11.3 Å². The summed E-state index contributed by atoms with van der Waals surface area (Å²) >= 11 is 0. The molecule has 152 valence electrons. The molecule has 0 saturated heterocycles. The van der Waals surface area contributed by atoms with Crippen LogP contribution < -0.4 is 14.4 Å². The van der Waals surface area contributed by atoms with Crippen molar-refractivity contribution in [2.75, 3.05) is 19.1 Å². The number of ether oxygens (including phenoxy) is 3. The molecule has 1 amide bonds. The van der Waals surface area contributed by atoms with Crippen LogP contribution in [0.1, 0.15) is 26.3 Å². The van der Waals surface area contributed by atoms with E-state index < -0.39 is 11.7 Å². The second-order valence-electron chi connectivity index (χ2n) is 7.31. The zero-order chi connectivity index (χ0) is 21.0. The summed E-state index contributed by atoms with van der Waals surface area (Å²) in [6.07, 6.45) is 2.50. The fourth-order valence-corrected chi connectivity index (χ4v) is 2.77. The van der Waals surface area contributed by atoms with Gasteiger partial charge in [0, 0.05) is 17.8 Å². The van der Waals surface area contributed by atoms with Gasteiger partial charge in [0.1, 0.15) is 28.9 Å². The quantitative estimate of drug-likeness (QED) is 0.644. The van der Waals surface area contributed by atoms with Gasteiger partial charge in [-0.3, -0.25) is 9.88 Å². The Labute approximate surface area is 169 Å². The molecule has 0 radical (unpaired) electrons. The average Bonchev–Trinajstić information content (AvgIpc) is 2.70. The third-order valence-corrected chi connectivity index (χ3v) is 4.07. The van der Waals surface area contributed by atoms with Gasteiger partial charge in [-0.25, -0.2) is 14.8 Å². The number of rotatable bonds is 5. The summed E-state index contributed by atoms with van der Waals surface area (Å²) in [7, 11) is 3.15. The Bertz CT molecular complexity index is 1010. The van der Waals surface area contributed by atoms with Gasteiger partial charge in [0.2, 0.25) is 0 Å². The van der Waals surface area contributed by atoms with E-state index in [1.807, 2.05) is 39.0 Å². The lowest BCUT2D eigenvalue weighted by Gasteiger charge is -2.27. The summed E-state index contributed by atoms with van der Waals surface area (Å²) < 4.78 is 16.4. The summed E-state index contributed by atoms with van der Waals surface area (Å²) in [5.74, 6) is 1.61. The van der Waals surface area contributed by atoms with Crippen molar-refractivity contribution in [2.24, 2.45) is 0 Å². The van der Waals surface area contributed by atoms with Crippen LogP contribution in [0.2, 0.25) is 0 Å². The number of fused-ring (bicyclic) bond motifs is 1. The highest BCUT2D eigenvalue weighted by atomic mass is 16.6. The van der Waals surface area contributed by atoms with E-state index in [1.54, 1.807) is 32.5 Å². The molecule has 0 N–H and O–H groups in total. The maximum atomic E-state index is 13.1. The summed E-state index contributed by atoms with van der Waals surface area (Å²) in [6.45, 7) is 5.61. The van der Waals surface area contributed by atoms with E-state index in [4.69, 9.17) is 14.2 Å². The maximum absolute atomic E-state index is 13.1. The van der Waals surface area contributed by atoms with Crippen LogP contribution in [0, 0.1) is 0 Å². The minimum Gasteiger partial charge on any atom is -0.497 e. The van der Waals surface area contributed by atoms with Gasteiger partial charge in [-0.1, -0.05) is 0 Å². The van der Waals surface area contributed by atoms with Gasteiger partial charge in [0.05, 0.1) is 26.3 Å². The van der Waals surface area contributed by atoms with Crippen molar-refractivity contribution < 1.29 is 19.0 Å². The molecule has 8 nitrogen and oxygen atoms in total. The van der Waals surface area contributed by atoms with Gasteiger partial charge >= 0.3 is 6.09 Å². The molecule has 2 aromatic heterocycles. The van der Waals surface area contributed by atoms with Gasteiger partial charge in [-0.05, 0) is 45.0 Å². The molecule has 0 fully saturated rings. The van der Waals surface area contributed by atoms with Crippen LogP contribution >= 0.6 is 0 Å². The first-order valence-corrected chi connectivity index (χ1v) is 9.09. The summed E-state index contributed by atoms with van der Waals surface area (Å²) in [5, 5.41) is 0. The molecule has 1 aromatic carbocycles. The topological polar surface area (TPSA) is 86.7 Å². The minimum absolute atomic E-state index is 0.171. The van der Waals surface area contributed by atoms with Crippen molar-refractivity contribution in [1.29, 1.82) is 0 Å². The van der Waals surface area contributed by atoms with E-state index in [0.29, 0.717) is 28.4 Å². The second kappa shape index (κ2) is 8.30. The summed E-state index contributed by atoms with van der Waals surface area (Å²) in [4.78, 5) is 27.4. The summed E-state index contributed by atoms with van der Waals surface area (Å²) in [6, 6.07) is 9.00. The first-order valence-electron chi connectivity index (χ1n) is 9.09. The zero-order valence-corrected chi connectivity index (χ0v) is 17.2. The highest BCUT2D eigenvalue weighted by molar-refractivity contribution is 5.96.